The van der Waals surface area contributed by atoms with E-state index in [-0.39, 0.29) is 11.5 Å². The molecule has 16 heavy (non-hydrogen) atoms. The highest BCUT2D eigenvalue weighted by atomic mass is 16.5. The summed E-state index contributed by atoms with van der Waals surface area (Å²) in [5, 5.41) is 13.8. The molecule has 0 aliphatic heterocycles. The Bertz CT molecular complexity index is 729. The van der Waals surface area contributed by atoms with E-state index in [1.807, 2.05) is 0 Å². The second kappa shape index (κ2) is 3.02. The number of hydrogen-bond acceptors (Lipinski definition) is 5. The number of aromatic nitrogens is 5. The van der Waals surface area contributed by atoms with Gasteiger partial charge in [-0.2, -0.15) is 0 Å². The molecule has 0 fully saturated rings. The summed E-state index contributed by atoms with van der Waals surface area (Å²) >= 11 is 0. The molecule has 2 aromatic heterocycles. The zero-order valence-corrected chi connectivity index (χ0v) is 8.34. The number of rotatable bonds is 1. The third kappa shape index (κ3) is 1.08. The van der Waals surface area contributed by atoms with E-state index >= 15 is 0 Å². The van der Waals surface area contributed by atoms with Crippen molar-refractivity contribution >= 4 is 16.8 Å². The monoisotopic (exact) mass is 217 g/mol. The third-order valence-corrected chi connectivity index (χ3v) is 2.33. The lowest BCUT2D eigenvalue weighted by Crippen LogP contribution is -2.11. The molecular formula is C9H7N5O2. The van der Waals surface area contributed by atoms with Gasteiger partial charge in [-0.25, -0.2) is 14.3 Å². The standard InChI is InChI=1S/C9H7N5O2/c1-16-5-2-3-7-6(4-5)10-11-8-12-13-9(15)14(7)8/h2-4H,1H3,(H,13,15). The van der Waals surface area contributed by atoms with Crippen molar-refractivity contribution in [2.75, 3.05) is 7.11 Å². The lowest BCUT2D eigenvalue weighted by Gasteiger charge is -2.01. The van der Waals surface area contributed by atoms with E-state index < -0.39 is 0 Å². The molecule has 80 valence electrons. The Labute approximate surface area is 88.7 Å². The minimum atomic E-state index is -0.333. The zero-order valence-electron chi connectivity index (χ0n) is 8.34. The third-order valence-electron chi connectivity index (χ3n) is 2.33. The minimum Gasteiger partial charge on any atom is -0.497 e. The fraction of sp³-hybridized carbons (Fsp3) is 0.111. The Balaban J connectivity index is 2.51. The van der Waals surface area contributed by atoms with Gasteiger partial charge in [-0.15, -0.1) is 15.3 Å². The van der Waals surface area contributed by atoms with Crippen molar-refractivity contribution in [3.8, 4) is 5.75 Å². The summed E-state index contributed by atoms with van der Waals surface area (Å²) in [6, 6.07) is 5.21. The molecule has 0 aliphatic rings. The number of ether oxygens (including phenoxy) is 1. The van der Waals surface area contributed by atoms with Crippen LogP contribution in [0.2, 0.25) is 0 Å². The number of nitrogens with zero attached hydrogens (tertiary/aromatic N) is 4. The number of benzene rings is 1. The highest BCUT2D eigenvalue weighted by Gasteiger charge is 2.07. The molecule has 3 aromatic rings. The maximum Gasteiger partial charge on any atom is 0.349 e. The van der Waals surface area contributed by atoms with Crippen molar-refractivity contribution in [3.05, 3.63) is 28.7 Å². The van der Waals surface area contributed by atoms with Crippen LogP contribution < -0.4 is 10.4 Å². The van der Waals surface area contributed by atoms with Gasteiger partial charge in [0.25, 0.3) is 5.78 Å². The molecule has 0 amide bonds. The lowest BCUT2D eigenvalue weighted by molar-refractivity contribution is 0.415. The fourth-order valence-electron chi connectivity index (χ4n) is 1.57. The molecule has 7 nitrogen and oxygen atoms in total. The van der Waals surface area contributed by atoms with Crippen molar-refractivity contribution in [1.29, 1.82) is 0 Å². The van der Waals surface area contributed by atoms with Crippen LogP contribution in [0, 0.1) is 0 Å². The van der Waals surface area contributed by atoms with Gasteiger partial charge in [0.1, 0.15) is 11.3 Å². The molecule has 2 heterocycles. The number of hydrogen-bond donors (Lipinski definition) is 1. The Kier molecular flexibility index (Phi) is 1.67. The summed E-state index contributed by atoms with van der Waals surface area (Å²) in [5.74, 6) is 0.917. The molecule has 0 atom stereocenters. The van der Waals surface area contributed by atoms with Gasteiger partial charge in [0.15, 0.2) is 0 Å². The first-order valence-electron chi connectivity index (χ1n) is 4.57. The van der Waals surface area contributed by atoms with Crippen LogP contribution >= 0.6 is 0 Å². The Morgan fingerprint density at radius 1 is 1.38 bits per heavy atom. The van der Waals surface area contributed by atoms with Crippen LogP contribution in [0.5, 0.6) is 5.75 Å². The Hall–Kier alpha value is -2.44. The number of nitrogens with one attached hydrogen (secondary N) is 1. The summed E-state index contributed by atoms with van der Waals surface area (Å²) in [7, 11) is 1.57. The fourth-order valence-corrected chi connectivity index (χ4v) is 1.57. The number of methoxy groups -OCH3 is 1. The van der Waals surface area contributed by atoms with E-state index in [1.54, 1.807) is 25.3 Å². The van der Waals surface area contributed by atoms with Gasteiger partial charge in [-0.1, -0.05) is 0 Å². The molecule has 7 heteroatoms. The lowest BCUT2D eigenvalue weighted by atomic mass is 10.3. The van der Waals surface area contributed by atoms with Crippen LogP contribution in [0.4, 0.5) is 0 Å². The Morgan fingerprint density at radius 2 is 2.25 bits per heavy atom. The van der Waals surface area contributed by atoms with Crippen molar-refractivity contribution in [1.82, 2.24) is 24.8 Å². The Morgan fingerprint density at radius 3 is 3.06 bits per heavy atom. The van der Waals surface area contributed by atoms with Crippen LogP contribution in [0.1, 0.15) is 0 Å². The quantitative estimate of drug-likeness (QED) is 0.618. The van der Waals surface area contributed by atoms with E-state index in [9.17, 15) is 4.79 Å². The van der Waals surface area contributed by atoms with E-state index in [4.69, 9.17) is 4.74 Å². The predicted octanol–water partition coefficient (Wildman–Crippen LogP) is -0.0256. The minimum absolute atomic E-state index is 0.252. The van der Waals surface area contributed by atoms with Gasteiger partial charge in [0.2, 0.25) is 0 Å². The van der Waals surface area contributed by atoms with Gasteiger partial charge >= 0.3 is 5.69 Å². The molecular weight excluding hydrogens is 210 g/mol. The van der Waals surface area contributed by atoms with E-state index in [1.165, 1.54) is 4.40 Å². The molecule has 0 radical (unpaired) electrons. The summed E-state index contributed by atoms with van der Waals surface area (Å²) in [6.45, 7) is 0. The van der Waals surface area contributed by atoms with Crippen molar-refractivity contribution in [3.63, 3.8) is 0 Å². The largest absolute Gasteiger partial charge is 0.497 e. The van der Waals surface area contributed by atoms with E-state index in [0.717, 1.165) is 0 Å². The van der Waals surface area contributed by atoms with E-state index in [2.05, 4.69) is 20.4 Å². The highest BCUT2D eigenvalue weighted by molar-refractivity contribution is 5.77. The van der Waals surface area contributed by atoms with Gasteiger partial charge < -0.3 is 4.74 Å². The van der Waals surface area contributed by atoms with Crippen LogP contribution in [-0.2, 0) is 0 Å². The average Bonchev–Trinajstić information content (AvgIpc) is 2.70. The van der Waals surface area contributed by atoms with Crippen LogP contribution in [-0.4, -0.2) is 31.9 Å². The SMILES string of the molecule is COc1ccc2c(c1)nnc1n[nH]c(=O)n12. The second-order valence-electron chi connectivity index (χ2n) is 3.22. The van der Waals surface area contributed by atoms with Crippen molar-refractivity contribution < 1.29 is 4.74 Å². The number of fused-ring (bicyclic) bond motifs is 3. The van der Waals surface area contributed by atoms with Gasteiger partial charge in [-0.05, 0) is 12.1 Å². The number of aromatic amines is 1. The first-order chi connectivity index (χ1) is 7.79. The molecule has 1 N–H and O–H groups in total. The molecule has 0 bridgehead atoms. The predicted molar refractivity (Wildman–Crippen MR) is 55.5 cm³/mol. The van der Waals surface area contributed by atoms with Crippen LogP contribution in [0.25, 0.3) is 16.8 Å². The first kappa shape index (κ1) is 8.84. The molecule has 1 aromatic carbocycles. The first-order valence-corrected chi connectivity index (χ1v) is 4.57. The van der Waals surface area contributed by atoms with Gasteiger partial charge in [0, 0.05) is 6.07 Å². The summed E-state index contributed by atoms with van der Waals surface area (Å²) in [6.07, 6.45) is 0. The van der Waals surface area contributed by atoms with Gasteiger partial charge in [0.05, 0.1) is 12.6 Å². The molecule has 0 saturated carbocycles. The zero-order chi connectivity index (χ0) is 11.1. The summed E-state index contributed by atoms with van der Waals surface area (Å²) in [5.41, 5.74) is 0.889. The average molecular weight is 217 g/mol. The maximum absolute atomic E-state index is 11.5. The molecule has 0 spiro atoms. The smallest absolute Gasteiger partial charge is 0.349 e. The summed E-state index contributed by atoms with van der Waals surface area (Å²) in [4.78, 5) is 11.5. The maximum atomic E-state index is 11.5. The normalized spacial score (nSPS) is 11.1. The second-order valence-corrected chi connectivity index (χ2v) is 3.22. The van der Waals surface area contributed by atoms with Gasteiger partial charge in [-0.3, -0.25) is 0 Å². The summed E-state index contributed by atoms with van der Waals surface area (Å²) < 4.78 is 6.43. The molecule has 3 rings (SSSR count). The molecule has 0 saturated heterocycles. The highest BCUT2D eigenvalue weighted by Crippen LogP contribution is 2.17. The molecule has 0 aliphatic carbocycles. The van der Waals surface area contributed by atoms with Crippen LogP contribution in [0.15, 0.2) is 23.0 Å². The number of H-pyrrole nitrogens is 1. The van der Waals surface area contributed by atoms with Crippen molar-refractivity contribution in [2.45, 2.75) is 0 Å². The van der Waals surface area contributed by atoms with Crippen LogP contribution in [0.3, 0.4) is 0 Å². The van der Waals surface area contributed by atoms with E-state index in [0.29, 0.717) is 16.8 Å². The molecule has 0 unspecified atom stereocenters. The topological polar surface area (TPSA) is 85.2 Å². The van der Waals surface area contributed by atoms with Crippen molar-refractivity contribution in [2.24, 2.45) is 0 Å².